The maximum absolute atomic E-state index is 10.9. The Labute approximate surface area is 103 Å². The van der Waals surface area contributed by atoms with Crippen molar-refractivity contribution in [3.05, 3.63) is 42.1 Å². The van der Waals surface area contributed by atoms with Crippen LogP contribution >= 0.6 is 0 Å². The van der Waals surface area contributed by atoms with Gasteiger partial charge in [0.2, 0.25) is 5.89 Å². The molecule has 0 aliphatic carbocycles. The molecule has 0 radical (unpaired) electrons. The molecular formula is C12H12N2O4. The fourth-order valence-electron chi connectivity index (χ4n) is 1.46. The summed E-state index contributed by atoms with van der Waals surface area (Å²) in [6, 6.07) is 4.68. The summed E-state index contributed by atoms with van der Waals surface area (Å²) in [7, 11) is 1.48. The van der Waals surface area contributed by atoms with Crippen molar-refractivity contribution < 1.29 is 19.1 Å². The predicted molar refractivity (Wildman–Crippen MR) is 63.8 cm³/mol. The summed E-state index contributed by atoms with van der Waals surface area (Å²) >= 11 is 0. The molecule has 0 spiro atoms. The average Bonchev–Trinajstić information content (AvgIpc) is 2.89. The van der Waals surface area contributed by atoms with E-state index in [1.807, 2.05) is 0 Å². The molecule has 2 aromatic rings. The SMILES string of the molecule is COc1cc(NCc2ncco2)cc(C(=O)O)c1. The Morgan fingerprint density at radius 3 is 2.94 bits per heavy atom. The second-order valence-electron chi connectivity index (χ2n) is 3.53. The summed E-state index contributed by atoms with van der Waals surface area (Å²) in [4.78, 5) is 14.9. The van der Waals surface area contributed by atoms with Gasteiger partial charge in [-0.25, -0.2) is 9.78 Å². The highest BCUT2D eigenvalue weighted by atomic mass is 16.5. The number of hydrogen-bond donors (Lipinski definition) is 2. The van der Waals surface area contributed by atoms with Gasteiger partial charge in [-0.05, 0) is 12.1 Å². The Balaban J connectivity index is 2.16. The Bertz CT molecular complexity index is 537. The van der Waals surface area contributed by atoms with Gasteiger partial charge >= 0.3 is 5.97 Å². The first-order chi connectivity index (χ1) is 8.69. The lowest BCUT2D eigenvalue weighted by molar-refractivity contribution is 0.0696. The summed E-state index contributed by atoms with van der Waals surface area (Å²) in [6.45, 7) is 0.374. The quantitative estimate of drug-likeness (QED) is 0.841. The molecular weight excluding hydrogens is 236 g/mol. The van der Waals surface area contributed by atoms with Crippen LogP contribution in [0.5, 0.6) is 5.75 Å². The van der Waals surface area contributed by atoms with Crippen molar-refractivity contribution in [2.45, 2.75) is 6.54 Å². The number of ether oxygens (including phenoxy) is 1. The van der Waals surface area contributed by atoms with E-state index in [2.05, 4.69) is 10.3 Å². The van der Waals surface area contributed by atoms with Crippen molar-refractivity contribution in [1.29, 1.82) is 0 Å². The number of oxazole rings is 1. The average molecular weight is 248 g/mol. The molecule has 1 aromatic carbocycles. The topological polar surface area (TPSA) is 84.6 Å². The Hall–Kier alpha value is -2.50. The van der Waals surface area contributed by atoms with Crippen LogP contribution in [0.15, 0.2) is 35.1 Å². The number of carboxylic acid groups (broad SMARTS) is 1. The van der Waals surface area contributed by atoms with Crippen molar-refractivity contribution in [3.8, 4) is 5.75 Å². The van der Waals surface area contributed by atoms with Crippen LogP contribution in [-0.2, 0) is 6.54 Å². The molecule has 2 N–H and O–H groups in total. The lowest BCUT2D eigenvalue weighted by Crippen LogP contribution is -2.03. The number of carbonyl (C=O) groups is 1. The fourth-order valence-corrected chi connectivity index (χ4v) is 1.46. The minimum Gasteiger partial charge on any atom is -0.497 e. The number of hydrogen-bond acceptors (Lipinski definition) is 5. The van der Waals surface area contributed by atoms with E-state index in [4.69, 9.17) is 14.3 Å². The van der Waals surface area contributed by atoms with Crippen molar-refractivity contribution in [2.24, 2.45) is 0 Å². The highest BCUT2D eigenvalue weighted by Crippen LogP contribution is 2.21. The van der Waals surface area contributed by atoms with Crippen LogP contribution in [0.4, 0.5) is 5.69 Å². The molecule has 0 aliphatic rings. The van der Waals surface area contributed by atoms with Gasteiger partial charge in [0.05, 0.1) is 25.4 Å². The largest absolute Gasteiger partial charge is 0.497 e. The zero-order chi connectivity index (χ0) is 13.0. The zero-order valence-electron chi connectivity index (χ0n) is 9.71. The number of nitrogens with zero attached hydrogens (tertiary/aromatic N) is 1. The molecule has 0 bridgehead atoms. The monoisotopic (exact) mass is 248 g/mol. The maximum atomic E-state index is 10.9. The number of aromatic nitrogens is 1. The molecule has 0 saturated heterocycles. The van der Waals surface area contributed by atoms with E-state index in [1.54, 1.807) is 12.3 Å². The van der Waals surface area contributed by atoms with E-state index in [-0.39, 0.29) is 5.56 Å². The number of aromatic carboxylic acids is 1. The van der Waals surface area contributed by atoms with Gasteiger partial charge in [0, 0.05) is 11.8 Å². The van der Waals surface area contributed by atoms with Gasteiger partial charge in [-0.2, -0.15) is 0 Å². The lowest BCUT2D eigenvalue weighted by Gasteiger charge is -2.08. The van der Waals surface area contributed by atoms with Crippen LogP contribution in [0, 0.1) is 0 Å². The van der Waals surface area contributed by atoms with E-state index in [1.165, 1.54) is 25.5 Å². The van der Waals surface area contributed by atoms with Crippen LogP contribution in [0.25, 0.3) is 0 Å². The fraction of sp³-hybridized carbons (Fsp3) is 0.167. The molecule has 0 fully saturated rings. The first-order valence-electron chi connectivity index (χ1n) is 5.23. The van der Waals surface area contributed by atoms with Crippen molar-refractivity contribution >= 4 is 11.7 Å². The summed E-state index contributed by atoms with van der Waals surface area (Å²) in [5.74, 6) is -0.00688. The Kier molecular flexibility index (Phi) is 3.47. The highest BCUT2D eigenvalue weighted by Gasteiger charge is 2.08. The van der Waals surface area contributed by atoms with Crippen LogP contribution in [0.3, 0.4) is 0 Å². The molecule has 1 aromatic heterocycles. The van der Waals surface area contributed by atoms with E-state index < -0.39 is 5.97 Å². The first-order valence-corrected chi connectivity index (χ1v) is 5.23. The van der Waals surface area contributed by atoms with Crippen LogP contribution in [0.1, 0.15) is 16.2 Å². The Morgan fingerprint density at radius 1 is 1.50 bits per heavy atom. The van der Waals surface area contributed by atoms with Crippen molar-refractivity contribution in [1.82, 2.24) is 4.98 Å². The van der Waals surface area contributed by atoms with Gasteiger partial charge < -0.3 is 19.6 Å². The van der Waals surface area contributed by atoms with Crippen molar-refractivity contribution in [2.75, 3.05) is 12.4 Å². The second-order valence-corrected chi connectivity index (χ2v) is 3.53. The highest BCUT2D eigenvalue weighted by molar-refractivity contribution is 5.89. The third kappa shape index (κ3) is 2.79. The molecule has 0 unspecified atom stereocenters. The molecule has 0 atom stereocenters. The number of benzene rings is 1. The molecule has 0 saturated carbocycles. The molecule has 0 amide bonds. The van der Waals surface area contributed by atoms with E-state index >= 15 is 0 Å². The Morgan fingerprint density at radius 2 is 2.33 bits per heavy atom. The van der Waals surface area contributed by atoms with Gasteiger partial charge in [0.15, 0.2) is 0 Å². The molecule has 6 nitrogen and oxygen atoms in total. The number of anilines is 1. The van der Waals surface area contributed by atoms with Crippen LogP contribution in [0.2, 0.25) is 0 Å². The second kappa shape index (κ2) is 5.22. The third-order valence-electron chi connectivity index (χ3n) is 2.32. The number of nitrogens with one attached hydrogen (secondary N) is 1. The number of carboxylic acids is 1. The summed E-state index contributed by atoms with van der Waals surface area (Å²) in [5, 5.41) is 12.0. The van der Waals surface area contributed by atoms with E-state index in [9.17, 15) is 4.79 Å². The first kappa shape index (κ1) is 12.0. The smallest absolute Gasteiger partial charge is 0.335 e. The van der Waals surface area contributed by atoms with Crippen LogP contribution < -0.4 is 10.1 Å². The molecule has 18 heavy (non-hydrogen) atoms. The van der Waals surface area contributed by atoms with E-state index in [0.717, 1.165) is 0 Å². The minimum atomic E-state index is -1.01. The lowest BCUT2D eigenvalue weighted by atomic mass is 10.2. The predicted octanol–water partition coefficient (Wildman–Crippen LogP) is 1.99. The summed E-state index contributed by atoms with van der Waals surface area (Å²) in [5.41, 5.74) is 0.786. The van der Waals surface area contributed by atoms with Gasteiger partial charge in [-0.15, -0.1) is 0 Å². The molecule has 2 rings (SSSR count). The normalized spacial score (nSPS) is 10.1. The summed E-state index contributed by atoms with van der Waals surface area (Å²) < 4.78 is 10.1. The summed E-state index contributed by atoms with van der Waals surface area (Å²) in [6.07, 6.45) is 3.02. The van der Waals surface area contributed by atoms with Gasteiger partial charge in [-0.1, -0.05) is 0 Å². The standard InChI is InChI=1S/C12H12N2O4/c1-17-10-5-8(12(15)16)4-9(6-10)14-7-11-13-2-3-18-11/h2-6,14H,7H2,1H3,(H,15,16). The number of rotatable bonds is 5. The van der Waals surface area contributed by atoms with Gasteiger partial charge in [0.1, 0.15) is 12.0 Å². The van der Waals surface area contributed by atoms with Gasteiger partial charge in [0.25, 0.3) is 0 Å². The van der Waals surface area contributed by atoms with E-state index in [0.29, 0.717) is 23.9 Å². The molecule has 0 aliphatic heterocycles. The van der Waals surface area contributed by atoms with Crippen molar-refractivity contribution in [3.63, 3.8) is 0 Å². The molecule has 6 heteroatoms. The van der Waals surface area contributed by atoms with Crippen LogP contribution in [-0.4, -0.2) is 23.2 Å². The molecule has 1 heterocycles. The molecule has 94 valence electrons. The maximum Gasteiger partial charge on any atom is 0.335 e. The van der Waals surface area contributed by atoms with Gasteiger partial charge in [-0.3, -0.25) is 0 Å². The zero-order valence-corrected chi connectivity index (χ0v) is 9.71. The minimum absolute atomic E-state index is 0.157. The number of methoxy groups -OCH3 is 1. The third-order valence-corrected chi connectivity index (χ3v) is 2.32.